The third-order valence-electron chi connectivity index (χ3n) is 11.9. The molecule has 0 amide bonds. The molecule has 0 aliphatic rings. The molecule has 0 aliphatic heterocycles. The molecule has 7 heteroatoms. The number of para-hydroxylation sites is 3. The number of furan rings is 2. The van der Waals surface area contributed by atoms with E-state index in [4.69, 9.17) is 28.8 Å². The van der Waals surface area contributed by atoms with E-state index in [1.807, 2.05) is 72.9 Å². The van der Waals surface area contributed by atoms with Crippen LogP contribution in [0.2, 0.25) is 0 Å². The number of hydrogen-bond donors (Lipinski definition) is 0. The van der Waals surface area contributed by atoms with Crippen molar-refractivity contribution in [3.63, 3.8) is 0 Å². The van der Waals surface area contributed by atoms with Gasteiger partial charge >= 0.3 is 0 Å². The van der Waals surface area contributed by atoms with Crippen LogP contribution in [0.25, 0.3) is 128 Å². The van der Waals surface area contributed by atoms with Crippen molar-refractivity contribution in [1.82, 2.24) is 24.5 Å². The van der Waals surface area contributed by atoms with Gasteiger partial charge in [-0.1, -0.05) is 121 Å². The minimum Gasteiger partial charge on any atom is -0.456 e. The van der Waals surface area contributed by atoms with Crippen molar-refractivity contribution in [2.75, 3.05) is 0 Å². The van der Waals surface area contributed by atoms with Crippen LogP contribution in [-0.4, -0.2) is 24.5 Å². The topological polar surface area (TPSA) is 82.8 Å². The van der Waals surface area contributed by atoms with Crippen molar-refractivity contribution in [2.45, 2.75) is 0 Å². The molecule has 8 aromatic carbocycles. The maximum absolute atomic E-state index is 6.29. The summed E-state index contributed by atoms with van der Waals surface area (Å²) in [7, 11) is 0. The van der Waals surface area contributed by atoms with Crippen LogP contribution >= 0.6 is 0 Å². The summed E-state index contributed by atoms with van der Waals surface area (Å²) < 4.78 is 14.9. The van der Waals surface area contributed by atoms with Crippen LogP contribution in [0, 0.1) is 0 Å². The molecule has 5 heterocycles. The van der Waals surface area contributed by atoms with Gasteiger partial charge in [0, 0.05) is 61.4 Å². The third-order valence-corrected chi connectivity index (χ3v) is 11.9. The van der Waals surface area contributed by atoms with Crippen LogP contribution < -0.4 is 0 Å². The highest BCUT2D eigenvalue weighted by atomic mass is 16.3. The smallest absolute Gasteiger partial charge is 0.182 e. The maximum atomic E-state index is 6.29. The molecule has 13 aromatic rings. The lowest BCUT2D eigenvalue weighted by Gasteiger charge is -2.12. The minimum atomic E-state index is 0.443. The molecular weight excluding hydrogens is 751 g/mol. The van der Waals surface area contributed by atoms with E-state index in [-0.39, 0.29) is 0 Å². The summed E-state index contributed by atoms with van der Waals surface area (Å²) >= 11 is 0. The standard InChI is InChI=1S/C54H31N5O2/c1-2-16-38-32(11-1)24-26-46-51(38)42-19-3-6-20-45(42)59(46)37-15-10-13-34(28-37)33-12-9-14-35(27-33)52-56-53(36-23-25-41-39-17-4-7-21-47(39)60-49(41)29-36)58-54(57-52)44-30-50-43(31-55-44)40-18-5-8-22-48(40)61-50/h1-31H. The highest BCUT2D eigenvalue weighted by Gasteiger charge is 2.19. The molecule has 0 unspecified atom stereocenters. The number of pyridine rings is 1. The Kier molecular flexibility index (Phi) is 7.17. The summed E-state index contributed by atoms with van der Waals surface area (Å²) in [5.74, 6) is 1.49. The van der Waals surface area contributed by atoms with Crippen molar-refractivity contribution in [2.24, 2.45) is 0 Å². The number of rotatable bonds is 5. The van der Waals surface area contributed by atoms with E-state index in [2.05, 4.69) is 120 Å². The zero-order chi connectivity index (χ0) is 40.0. The van der Waals surface area contributed by atoms with E-state index in [0.29, 0.717) is 23.2 Å². The van der Waals surface area contributed by atoms with Crippen LogP contribution in [0.1, 0.15) is 0 Å². The Balaban J connectivity index is 0.957. The van der Waals surface area contributed by atoms with Crippen molar-refractivity contribution >= 4 is 76.5 Å². The SMILES string of the molecule is c1cc(-c2cccc(-n3c4ccccc4c4c5ccccc5ccc43)c2)cc(-c2nc(-c3ccc4c(c3)oc3ccccc34)nc(-c3cc4oc5ccccc5c4cn3)n2)c1. The largest absolute Gasteiger partial charge is 0.456 e. The molecular formula is C54H31N5O2. The second kappa shape index (κ2) is 13.0. The fourth-order valence-corrected chi connectivity index (χ4v) is 9.04. The fourth-order valence-electron chi connectivity index (χ4n) is 9.04. The highest BCUT2D eigenvalue weighted by Crippen LogP contribution is 2.39. The fraction of sp³-hybridized carbons (Fsp3) is 0. The molecule has 0 fully saturated rings. The van der Waals surface area contributed by atoms with Gasteiger partial charge in [-0.2, -0.15) is 0 Å². The Morgan fingerprint density at radius 3 is 1.79 bits per heavy atom. The Morgan fingerprint density at radius 1 is 0.361 bits per heavy atom. The van der Waals surface area contributed by atoms with Gasteiger partial charge in [0.15, 0.2) is 17.5 Å². The normalized spacial score (nSPS) is 11.9. The molecule has 61 heavy (non-hydrogen) atoms. The van der Waals surface area contributed by atoms with E-state index >= 15 is 0 Å². The molecule has 0 N–H and O–H groups in total. The summed E-state index contributed by atoms with van der Waals surface area (Å²) in [6.07, 6.45) is 1.84. The van der Waals surface area contributed by atoms with E-state index in [1.54, 1.807) is 0 Å². The lowest BCUT2D eigenvalue weighted by Crippen LogP contribution is -2.01. The molecule has 5 aromatic heterocycles. The molecule has 0 atom stereocenters. The highest BCUT2D eigenvalue weighted by molar-refractivity contribution is 6.21. The lowest BCUT2D eigenvalue weighted by molar-refractivity contribution is 0.668. The van der Waals surface area contributed by atoms with Gasteiger partial charge in [-0.25, -0.2) is 15.0 Å². The summed E-state index contributed by atoms with van der Waals surface area (Å²) in [6.45, 7) is 0. The van der Waals surface area contributed by atoms with Gasteiger partial charge in [0.05, 0.1) is 11.0 Å². The van der Waals surface area contributed by atoms with Crippen molar-refractivity contribution in [1.29, 1.82) is 0 Å². The van der Waals surface area contributed by atoms with Gasteiger partial charge in [0.1, 0.15) is 28.0 Å². The van der Waals surface area contributed by atoms with Gasteiger partial charge in [-0.15, -0.1) is 0 Å². The molecule has 284 valence electrons. The van der Waals surface area contributed by atoms with Crippen molar-refractivity contribution < 1.29 is 8.83 Å². The molecule has 7 nitrogen and oxygen atoms in total. The molecule has 0 saturated carbocycles. The van der Waals surface area contributed by atoms with E-state index in [0.717, 1.165) is 71.8 Å². The first-order chi connectivity index (χ1) is 30.2. The predicted molar refractivity (Wildman–Crippen MR) is 246 cm³/mol. The van der Waals surface area contributed by atoms with Gasteiger partial charge in [0.2, 0.25) is 0 Å². The zero-order valence-electron chi connectivity index (χ0n) is 32.5. The van der Waals surface area contributed by atoms with Gasteiger partial charge in [0.25, 0.3) is 0 Å². The summed E-state index contributed by atoms with van der Waals surface area (Å²) in [4.78, 5) is 20.1. The lowest BCUT2D eigenvalue weighted by atomic mass is 10.0. The maximum Gasteiger partial charge on any atom is 0.182 e. The molecule has 0 aliphatic carbocycles. The van der Waals surface area contributed by atoms with Gasteiger partial charge in [-0.3, -0.25) is 4.98 Å². The second-order valence-electron chi connectivity index (χ2n) is 15.4. The van der Waals surface area contributed by atoms with Crippen LogP contribution in [0.5, 0.6) is 0 Å². The summed E-state index contributed by atoms with van der Waals surface area (Å²) in [5.41, 5.74) is 10.9. The zero-order valence-corrected chi connectivity index (χ0v) is 32.5. The number of fused-ring (bicyclic) bond motifs is 11. The van der Waals surface area contributed by atoms with Gasteiger partial charge < -0.3 is 13.4 Å². The molecule has 0 saturated heterocycles. The Morgan fingerprint density at radius 2 is 0.967 bits per heavy atom. The van der Waals surface area contributed by atoms with Crippen LogP contribution in [-0.2, 0) is 0 Å². The quantitative estimate of drug-likeness (QED) is 0.173. The number of aromatic nitrogens is 5. The molecule has 0 spiro atoms. The van der Waals surface area contributed by atoms with Crippen molar-refractivity contribution in [3.05, 3.63) is 188 Å². The molecule has 13 rings (SSSR count). The first-order valence-electron chi connectivity index (χ1n) is 20.3. The van der Waals surface area contributed by atoms with Crippen LogP contribution in [0.3, 0.4) is 0 Å². The second-order valence-corrected chi connectivity index (χ2v) is 15.4. The summed E-state index contributed by atoms with van der Waals surface area (Å²) in [6, 6.07) is 63.0. The number of benzene rings is 8. The monoisotopic (exact) mass is 781 g/mol. The Hall–Kier alpha value is -8.42. The van der Waals surface area contributed by atoms with E-state index in [9.17, 15) is 0 Å². The summed E-state index contributed by atoms with van der Waals surface area (Å²) in [5, 5.41) is 9.03. The first kappa shape index (κ1) is 33.5. The number of hydrogen-bond acceptors (Lipinski definition) is 6. The first-order valence-corrected chi connectivity index (χ1v) is 20.3. The van der Waals surface area contributed by atoms with Crippen LogP contribution in [0.15, 0.2) is 197 Å². The minimum absolute atomic E-state index is 0.443. The predicted octanol–water partition coefficient (Wildman–Crippen LogP) is 14.0. The average molecular weight is 782 g/mol. The number of nitrogens with zero attached hydrogens (tertiary/aromatic N) is 5. The van der Waals surface area contributed by atoms with Crippen LogP contribution in [0.4, 0.5) is 0 Å². The average Bonchev–Trinajstić information content (AvgIpc) is 4.00. The third kappa shape index (κ3) is 5.31. The molecule has 0 radical (unpaired) electrons. The van der Waals surface area contributed by atoms with E-state index in [1.165, 1.54) is 32.6 Å². The van der Waals surface area contributed by atoms with Crippen molar-refractivity contribution in [3.8, 4) is 51.1 Å². The molecule has 0 bridgehead atoms. The van der Waals surface area contributed by atoms with Gasteiger partial charge in [-0.05, 0) is 76.5 Å². The Labute approximate surface area is 347 Å². The Bertz CT molecular complexity index is 3780. The van der Waals surface area contributed by atoms with E-state index < -0.39 is 0 Å².